The van der Waals surface area contributed by atoms with Crippen LogP contribution in [0.25, 0.3) is 0 Å². The Kier molecular flexibility index (Phi) is 4.46. The summed E-state index contributed by atoms with van der Waals surface area (Å²) in [6.07, 6.45) is 11.2. The van der Waals surface area contributed by atoms with Crippen molar-refractivity contribution in [1.29, 1.82) is 0 Å². The van der Waals surface area contributed by atoms with E-state index >= 15 is 0 Å². The first-order chi connectivity index (χ1) is 11.1. The highest BCUT2D eigenvalue weighted by molar-refractivity contribution is 5.76. The van der Waals surface area contributed by atoms with Gasteiger partial charge in [0.05, 0.1) is 17.9 Å². The molecule has 2 aliphatic rings. The van der Waals surface area contributed by atoms with Gasteiger partial charge in [0.15, 0.2) is 5.66 Å². The Labute approximate surface area is 136 Å². The van der Waals surface area contributed by atoms with Crippen molar-refractivity contribution in [1.82, 2.24) is 14.9 Å². The minimum absolute atomic E-state index is 0.0353. The third kappa shape index (κ3) is 3.61. The monoisotopic (exact) mass is 313 g/mol. The van der Waals surface area contributed by atoms with Crippen LogP contribution in [0.5, 0.6) is 0 Å². The molecule has 0 saturated carbocycles. The van der Waals surface area contributed by atoms with E-state index < -0.39 is 0 Å². The summed E-state index contributed by atoms with van der Waals surface area (Å²) < 4.78 is 2.26. The van der Waals surface area contributed by atoms with Crippen LogP contribution in [0.4, 0.5) is 0 Å². The first-order valence-corrected chi connectivity index (χ1v) is 8.33. The van der Waals surface area contributed by atoms with Crippen LogP contribution in [0.1, 0.15) is 55.7 Å². The van der Waals surface area contributed by atoms with Gasteiger partial charge in [-0.1, -0.05) is 0 Å². The van der Waals surface area contributed by atoms with Gasteiger partial charge in [-0.25, -0.2) is 4.98 Å². The fourth-order valence-corrected chi connectivity index (χ4v) is 3.15. The molecule has 0 bridgehead atoms. The molecule has 0 atom stereocenters. The largest absolute Gasteiger partial charge is 0.350 e. The Morgan fingerprint density at radius 2 is 2.22 bits per heavy atom. The molecule has 0 aromatic carbocycles. The van der Waals surface area contributed by atoms with Crippen LogP contribution in [-0.2, 0) is 24.3 Å². The van der Waals surface area contributed by atoms with Crippen LogP contribution in [0.3, 0.4) is 0 Å². The number of carbonyl (C=O) groups is 1. The third-order valence-electron chi connectivity index (χ3n) is 4.64. The smallest absolute Gasteiger partial charge is 0.220 e. The predicted octanol–water partition coefficient (Wildman–Crippen LogP) is 2.50. The molecule has 6 heteroatoms. The molecule has 0 radical (unpaired) electrons. The van der Waals surface area contributed by atoms with Crippen molar-refractivity contribution in [3.63, 3.8) is 0 Å². The summed E-state index contributed by atoms with van der Waals surface area (Å²) in [4.78, 5) is 16.7. The standard InChI is InChI=1S/C17H23N5O/c1-3-4-9-17(20-21-17)10-8-16(23)18-12-14-13(2)19-15-7-5-6-11-22(14)15/h1H,4-12H2,2H3,(H,18,23). The van der Waals surface area contributed by atoms with Gasteiger partial charge in [0, 0.05) is 38.6 Å². The molecule has 0 saturated heterocycles. The molecule has 122 valence electrons. The van der Waals surface area contributed by atoms with Gasteiger partial charge >= 0.3 is 0 Å². The maximum absolute atomic E-state index is 12.1. The quantitative estimate of drug-likeness (QED) is 0.786. The number of fused-ring (bicyclic) bond motifs is 1. The zero-order chi connectivity index (χ0) is 16.3. The van der Waals surface area contributed by atoms with Crippen molar-refractivity contribution in [2.75, 3.05) is 0 Å². The van der Waals surface area contributed by atoms with E-state index in [0.717, 1.165) is 36.6 Å². The molecule has 1 aromatic heterocycles. The molecule has 23 heavy (non-hydrogen) atoms. The van der Waals surface area contributed by atoms with E-state index in [2.05, 4.69) is 31.0 Å². The van der Waals surface area contributed by atoms with Crippen molar-refractivity contribution < 1.29 is 4.79 Å². The van der Waals surface area contributed by atoms with Crippen molar-refractivity contribution in [2.45, 2.75) is 70.6 Å². The number of nitrogens with zero attached hydrogens (tertiary/aromatic N) is 4. The van der Waals surface area contributed by atoms with Gasteiger partial charge in [-0.05, 0) is 19.8 Å². The summed E-state index contributed by atoms with van der Waals surface area (Å²) >= 11 is 0. The molecule has 1 amide bonds. The van der Waals surface area contributed by atoms with E-state index in [0.29, 0.717) is 25.8 Å². The Hall–Kier alpha value is -2.16. The van der Waals surface area contributed by atoms with Gasteiger partial charge in [0.2, 0.25) is 5.91 Å². The van der Waals surface area contributed by atoms with E-state index in [4.69, 9.17) is 6.42 Å². The number of rotatable bonds is 7. The third-order valence-corrected chi connectivity index (χ3v) is 4.64. The second kappa shape index (κ2) is 6.53. The van der Waals surface area contributed by atoms with Crippen molar-refractivity contribution in [3.8, 4) is 12.3 Å². The van der Waals surface area contributed by atoms with Gasteiger partial charge in [-0.2, -0.15) is 10.2 Å². The summed E-state index contributed by atoms with van der Waals surface area (Å²) in [5, 5.41) is 11.1. The predicted molar refractivity (Wildman–Crippen MR) is 86.6 cm³/mol. The fourth-order valence-electron chi connectivity index (χ4n) is 3.15. The molecule has 1 N–H and O–H groups in total. The Balaban J connectivity index is 1.48. The molecule has 6 nitrogen and oxygen atoms in total. The first-order valence-electron chi connectivity index (χ1n) is 8.33. The summed E-state index contributed by atoms with van der Waals surface area (Å²) in [6.45, 7) is 3.57. The van der Waals surface area contributed by atoms with Gasteiger partial charge in [-0.15, -0.1) is 12.3 Å². The molecule has 0 spiro atoms. The van der Waals surface area contributed by atoms with Gasteiger partial charge < -0.3 is 9.88 Å². The van der Waals surface area contributed by atoms with Gasteiger partial charge in [0.25, 0.3) is 0 Å². The minimum Gasteiger partial charge on any atom is -0.350 e. The number of aromatic nitrogens is 2. The number of terminal acetylenes is 1. The SMILES string of the molecule is C#CCCC1(CCC(=O)NCc2c(C)nc3n2CCCC3)N=N1. The molecule has 1 aromatic rings. The van der Waals surface area contributed by atoms with Gasteiger partial charge in [0.1, 0.15) is 5.82 Å². The summed E-state index contributed by atoms with van der Waals surface area (Å²) in [5.74, 6) is 3.79. The summed E-state index contributed by atoms with van der Waals surface area (Å²) in [5.41, 5.74) is 1.78. The Morgan fingerprint density at radius 1 is 1.39 bits per heavy atom. The van der Waals surface area contributed by atoms with Crippen molar-refractivity contribution in [2.24, 2.45) is 10.2 Å². The molecule has 0 fully saturated rings. The summed E-state index contributed by atoms with van der Waals surface area (Å²) in [7, 11) is 0. The van der Waals surface area contributed by atoms with Crippen LogP contribution < -0.4 is 5.32 Å². The lowest BCUT2D eigenvalue weighted by Gasteiger charge is -2.17. The molecule has 2 aliphatic heterocycles. The zero-order valence-electron chi connectivity index (χ0n) is 13.6. The first kappa shape index (κ1) is 15.7. The topological polar surface area (TPSA) is 71.6 Å². The normalized spacial score (nSPS) is 17.4. The van der Waals surface area contributed by atoms with Gasteiger partial charge in [-0.3, -0.25) is 4.79 Å². The van der Waals surface area contributed by atoms with Crippen LogP contribution in [0, 0.1) is 19.3 Å². The van der Waals surface area contributed by atoms with E-state index in [1.807, 2.05) is 6.92 Å². The highest BCUT2D eigenvalue weighted by Crippen LogP contribution is 2.37. The molecule has 3 rings (SSSR count). The average Bonchev–Trinajstić information content (AvgIpc) is 3.26. The number of hydrogen-bond acceptors (Lipinski definition) is 4. The maximum atomic E-state index is 12.1. The Bertz CT molecular complexity index is 661. The maximum Gasteiger partial charge on any atom is 0.220 e. The minimum atomic E-state index is -0.380. The fraction of sp³-hybridized carbons (Fsp3) is 0.647. The van der Waals surface area contributed by atoms with Crippen LogP contribution in [-0.4, -0.2) is 21.1 Å². The van der Waals surface area contributed by atoms with Crippen LogP contribution in [0.2, 0.25) is 0 Å². The van der Waals surface area contributed by atoms with E-state index in [1.54, 1.807) is 0 Å². The van der Waals surface area contributed by atoms with E-state index in [9.17, 15) is 4.79 Å². The van der Waals surface area contributed by atoms with Crippen LogP contribution >= 0.6 is 0 Å². The lowest BCUT2D eigenvalue weighted by atomic mass is 10.0. The molecular weight excluding hydrogens is 290 g/mol. The number of nitrogens with one attached hydrogen (secondary N) is 1. The lowest BCUT2D eigenvalue weighted by molar-refractivity contribution is -0.121. The number of carbonyl (C=O) groups excluding carboxylic acids is 1. The second-order valence-electron chi connectivity index (χ2n) is 6.33. The number of aryl methyl sites for hydroxylation is 2. The number of amides is 1. The molecule has 0 aliphatic carbocycles. The van der Waals surface area contributed by atoms with E-state index in [1.165, 1.54) is 12.8 Å². The highest BCUT2D eigenvalue weighted by Gasteiger charge is 2.39. The lowest BCUT2D eigenvalue weighted by Crippen LogP contribution is -2.27. The number of imidazole rings is 1. The van der Waals surface area contributed by atoms with Crippen LogP contribution in [0.15, 0.2) is 10.2 Å². The highest BCUT2D eigenvalue weighted by atomic mass is 16.1. The second-order valence-corrected chi connectivity index (χ2v) is 6.33. The number of hydrogen-bond donors (Lipinski definition) is 1. The zero-order valence-corrected chi connectivity index (χ0v) is 13.6. The van der Waals surface area contributed by atoms with Crippen molar-refractivity contribution >= 4 is 5.91 Å². The van der Waals surface area contributed by atoms with Crippen molar-refractivity contribution in [3.05, 3.63) is 17.2 Å². The van der Waals surface area contributed by atoms with E-state index in [-0.39, 0.29) is 11.6 Å². The molecule has 0 unspecified atom stereocenters. The average molecular weight is 313 g/mol. The molecular formula is C17H23N5O. The summed E-state index contributed by atoms with van der Waals surface area (Å²) in [6, 6.07) is 0. The Morgan fingerprint density at radius 3 is 2.96 bits per heavy atom. The molecule has 3 heterocycles.